The van der Waals surface area contributed by atoms with E-state index in [2.05, 4.69) is 11.8 Å². The molecule has 6 nitrogen and oxygen atoms in total. The molecule has 0 aliphatic carbocycles. The fourth-order valence-electron chi connectivity index (χ4n) is 4.10. The van der Waals surface area contributed by atoms with E-state index in [-0.39, 0.29) is 18.6 Å². The number of hydrogen-bond acceptors (Lipinski definition) is 6. The van der Waals surface area contributed by atoms with Crippen LogP contribution in [0.3, 0.4) is 0 Å². The summed E-state index contributed by atoms with van der Waals surface area (Å²) in [6, 6.07) is 27.1. The number of aryl methyl sites for hydroxylation is 1. The molecule has 0 unspecified atom stereocenters. The van der Waals surface area contributed by atoms with Gasteiger partial charge in [0.1, 0.15) is 5.75 Å². The van der Waals surface area contributed by atoms with Crippen LogP contribution in [0.4, 0.5) is 0 Å². The number of aliphatic hydroxyl groups is 2. The third-order valence-corrected chi connectivity index (χ3v) is 6.24. The molecule has 0 fully saturated rings. The molecule has 0 spiro atoms. The van der Waals surface area contributed by atoms with Gasteiger partial charge in [0, 0.05) is 19.1 Å². The first kappa shape index (κ1) is 27.4. The molecule has 2 N–H and O–H groups in total. The summed E-state index contributed by atoms with van der Waals surface area (Å²) in [4.78, 5) is 13.6. The van der Waals surface area contributed by atoms with Gasteiger partial charge in [-0.05, 0) is 55.5 Å². The lowest BCUT2D eigenvalue weighted by Crippen LogP contribution is -2.39. The summed E-state index contributed by atoms with van der Waals surface area (Å²) in [6.07, 6.45) is 0.394. The summed E-state index contributed by atoms with van der Waals surface area (Å²) in [5.41, 5.74) is 2.88. The maximum Gasteiger partial charge on any atom is 0.344 e. The Labute approximate surface area is 214 Å². The number of ether oxygens (including phenoxy) is 2. The van der Waals surface area contributed by atoms with Gasteiger partial charge in [-0.15, -0.1) is 0 Å². The van der Waals surface area contributed by atoms with Crippen LogP contribution in [0.15, 0.2) is 84.9 Å². The lowest BCUT2D eigenvalue weighted by atomic mass is 10.0. The molecule has 0 aromatic heterocycles. The van der Waals surface area contributed by atoms with Gasteiger partial charge in [0.05, 0.1) is 18.8 Å². The summed E-state index contributed by atoms with van der Waals surface area (Å²) in [6.45, 7) is 4.98. The summed E-state index contributed by atoms with van der Waals surface area (Å²) < 4.78 is 10.4. The van der Waals surface area contributed by atoms with E-state index in [1.54, 1.807) is 6.92 Å². The molecule has 0 amide bonds. The van der Waals surface area contributed by atoms with Crippen molar-refractivity contribution in [3.8, 4) is 5.75 Å². The standard InChI is InChI=1S/C30H37NO5/c1-3-35-30(34)22-36-27-18-16-24(17-19-27)15-14-23(2)31(20-28(32)25-10-6-4-7-11-25)21-29(33)26-12-8-5-9-13-26/h4-13,16-19,23,28-29,32-33H,3,14-15,20-22H2,1-2H3/t23-,28-,29-/m1/s1. The SMILES string of the molecule is CCOC(=O)COc1ccc(CC[C@@H](C)N(C[C@@H](O)c2ccccc2)C[C@@H](O)c2ccccc2)cc1. The van der Waals surface area contributed by atoms with Gasteiger partial charge in [-0.25, -0.2) is 4.79 Å². The maximum absolute atomic E-state index is 11.5. The number of benzene rings is 3. The van der Waals surface area contributed by atoms with E-state index in [1.807, 2.05) is 84.9 Å². The van der Waals surface area contributed by atoms with E-state index in [1.165, 1.54) is 0 Å². The minimum atomic E-state index is -0.646. The van der Waals surface area contributed by atoms with Crippen molar-refractivity contribution in [1.29, 1.82) is 0 Å². The monoisotopic (exact) mass is 491 g/mol. The van der Waals surface area contributed by atoms with Crippen molar-refractivity contribution in [2.75, 3.05) is 26.3 Å². The zero-order valence-electron chi connectivity index (χ0n) is 21.1. The Morgan fingerprint density at radius 2 is 1.36 bits per heavy atom. The quantitative estimate of drug-likeness (QED) is 0.318. The fourth-order valence-corrected chi connectivity index (χ4v) is 4.10. The molecule has 0 saturated heterocycles. The molecule has 3 rings (SSSR count). The normalized spacial score (nSPS) is 13.7. The first-order chi connectivity index (χ1) is 17.5. The van der Waals surface area contributed by atoms with E-state index >= 15 is 0 Å². The van der Waals surface area contributed by atoms with Crippen molar-refractivity contribution in [2.45, 2.75) is 44.9 Å². The number of aliphatic hydroxyl groups excluding tert-OH is 2. The Morgan fingerprint density at radius 3 is 1.86 bits per heavy atom. The summed E-state index contributed by atoms with van der Waals surface area (Å²) in [7, 11) is 0. The number of hydrogen-bond donors (Lipinski definition) is 2. The van der Waals surface area contributed by atoms with Crippen molar-refractivity contribution in [3.63, 3.8) is 0 Å². The van der Waals surface area contributed by atoms with Crippen molar-refractivity contribution >= 4 is 5.97 Å². The summed E-state index contributed by atoms with van der Waals surface area (Å²) in [5.74, 6) is 0.240. The molecule has 0 aliphatic rings. The smallest absolute Gasteiger partial charge is 0.344 e. The van der Waals surface area contributed by atoms with Crippen LogP contribution >= 0.6 is 0 Å². The maximum atomic E-state index is 11.5. The second-order valence-electron chi connectivity index (χ2n) is 8.93. The van der Waals surface area contributed by atoms with Crippen LogP contribution in [-0.2, 0) is 16.0 Å². The lowest BCUT2D eigenvalue weighted by molar-refractivity contribution is -0.145. The number of carbonyl (C=O) groups excluding carboxylic acids is 1. The van der Waals surface area contributed by atoms with Gasteiger partial charge in [0.15, 0.2) is 6.61 Å². The number of rotatable bonds is 14. The summed E-state index contributed by atoms with van der Waals surface area (Å²) in [5, 5.41) is 21.8. The highest BCUT2D eigenvalue weighted by Gasteiger charge is 2.22. The van der Waals surface area contributed by atoms with Crippen LogP contribution in [0.25, 0.3) is 0 Å². The van der Waals surface area contributed by atoms with Crippen LogP contribution < -0.4 is 4.74 Å². The highest BCUT2D eigenvalue weighted by molar-refractivity contribution is 5.71. The molecule has 0 radical (unpaired) electrons. The fraction of sp³-hybridized carbons (Fsp3) is 0.367. The molecule has 3 aromatic carbocycles. The minimum absolute atomic E-state index is 0.105. The van der Waals surface area contributed by atoms with Crippen LogP contribution in [0.1, 0.15) is 49.2 Å². The second kappa shape index (κ2) is 14.4. The molecular weight excluding hydrogens is 454 g/mol. The minimum Gasteiger partial charge on any atom is -0.482 e. The molecule has 0 saturated carbocycles. The summed E-state index contributed by atoms with van der Waals surface area (Å²) >= 11 is 0. The number of nitrogens with zero attached hydrogens (tertiary/aromatic N) is 1. The van der Waals surface area contributed by atoms with Gasteiger partial charge < -0.3 is 19.7 Å². The van der Waals surface area contributed by atoms with Gasteiger partial charge >= 0.3 is 5.97 Å². The van der Waals surface area contributed by atoms with Crippen LogP contribution in [-0.4, -0.2) is 53.4 Å². The average molecular weight is 492 g/mol. The van der Waals surface area contributed by atoms with Gasteiger partial charge in [-0.1, -0.05) is 72.8 Å². The first-order valence-electron chi connectivity index (χ1n) is 12.5. The predicted octanol–water partition coefficient (Wildman–Crippen LogP) is 4.72. The third-order valence-electron chi connectivity index (χ3n) is 6.24. The third kappa shape index (κ3) is 8.79. The topological polar surface area (TPSA) is 79.2 Å². The number of esters is 1. The van der Waals surface area contributed by atoms with Crippen molar-refractivity contribution in [3.05, 3.63) is 102 Å². The molecule has 6 heteroatoms. The van der Waals surface area contributed by atoms with Gasteiger partial charge in [-0.3, -0.25) is 4.90 Å². The zero-order chi connectivity index (χ0) is 25.8. The highest BCUT2D eigenvalue weighted by atomic mass is 16.6. The van der Waals surface area contributed by atoms with Crippen LogP contribution in [0, 0.1) is 0 Å². The molecule has 3 atom stereocenters. The Morgan fingerprint density at radius 1 is 0.833 bits per heavy atom. The van der Waals surface area contributed by atoms with Crippen LogP contribution in [0.2, 0.25) is 0 Å². The zero-order valence-corrected chi connectivity index (χ0v) is 21.1. The van der Waals surface area contributed by atoms with Crippen LogP contribution in [0.5, 0.6) is 5.75 Å². The molecule has 0 bridgehead atoms. The predicted molar refractivity (Wildman–Crippen MR) is 141 cm³/mol. The molecule has 36 heavy (non-hydrogen) atoms. The molecule has 3 aromatic rings. The molecule has 0 heterocycles. The van der Waals surface area contributed by atoms with Gasteiger partial charge in [0.2, 0.25) is 0 Å². The van der Waals surface area contributed by atoms with Crippen molar-refractivity contribution < 1.29 is 24.5 Å². The van der Waals surface area contributed by atoms with E-state index in [0.29, 0.717) is 25.4 Å². The highest BCUT2D eigenvalue weighted by Crippen LogP contribution is 2.22. The molecule has 192 valence electrons. The first-order valence-corrected chi connectivity index (χ1v) is 12.5. The van der Waals surface area contributed by atoms with E-state index in [9.17, 15) is 15.0 Å². The van der Waals surface area contributed by atoms with Gasteiger partial charge in [-0.2, -0.15) is 0 Å². The Balaban J connectivity index is 1.60. The number of carbonyl (C=O) groups is 1. The van der Waals surface area contributed by atoms with Gasteiger partial charge in [0.25, 0.3) is 0 Å². The molecule has 0 aliphatic heterocycles. The average Bonchev–Trinajstić information content (AvgIpc) is 2.91. The Bertz CT molecular complexity index is 979. The molecular formula is C30H37NO5. The second-order valence-corrected chi connectivity index (χ2v) is 8.93. The lowest BCUT2D eigenvalue weighted by Gasteiger charge is -2.33. The van der Waals surface area contributed by atoms with E-state index in [4.69, 9.17) is 9.47 Å². The van der Waals surface area contributed by atoms with E-state index < -0.39 is 12.2 Å². The Hall–Kier alpha value is -3.19. The largest absolute Gasteiger partial charge is 0.482 e. The van der Waals surface area contributed by atoms with Crippen molar-refractivity contribution in [2.24, 2.45) is 0 Å². The van der Waals surface area contributed by atoms with Crippen molar-refractivity contribution in [1.82, 2.24) is 4.90 Å². The Kier molecular flexibility index (Phi) is 11.0. The van der Waals surface area contributed by atoms with E-state index in [0.717, 1.165) is 29.5 Å².